The molecule has 11 heteroatoms. The predicted octanol–water partition coefficient (Wildman–Crippen LogP) is 4.78. The van der Waals surface area contributed by atoms with Gasteiger partial charge in [0.15, 0.2) is 12.3 Å². The van der Waals surface area contributed by atoms with Gasteiger partial charge < -0.3 is 9.64 Å². The second-order valence-electron chi connectivity index (χ2n) is 8.41. The van der Waals surface area contributed by atoms with E-state index in [0.29, 0.717) is 44.0 Å². The van der Waals surface area contributed by atoms with Gasteiger partial charge in [0.2, 0.25) is 5.88 Å². The lowest BCUT2D eigenvalue weighted by atomic mass is 10.0. The topological polar surface area (TPSA) is 50.6 Å². The Morgan fingerprint density at radius 1 is 1.09 bits per heavy atom. The number of carbonyl (C=O) groups is 1. The van der Waals surface area contributed by atoms with Crippen molar-refractivity contribution in [1.82, 2.24) is 19.6 Å². The van der Waals surface area contributed by atoms with Crippen molar-refractivity contribution < 1.29 is 22.7 Å². The predicted molar refractivity (Wildman–Crippen MR) is 123 cm³/mol. The number of nitrogens with zero attached hydrogens (tertiary/aromatic N) is 4. The van der Waals surface area contributed by atoms with Gasteiger partial charge in [-0.05, 0) is 30.5 Å². The lowest BCUT2D eigenvalue weighted by Gasteiger charge is -2.34. The molecule has 184 valence electrons. The first-order valence-corrected chi connectivity index (χ1v) is 11.9. The smallest absolute Gasteiger partial charge is 0.435 e. The Hall–Kier alpha value is -2.23. The molecular formula is C23H25Cl2F3N4O2. The maximum atomic E-state index is 13.3. The molecule has 1 amide bonds. The van der Waals surface area contributed by atoms with Crippen LogP contribution in [0.5, 0.6) is 5.88 Å². The fraction of sp³-hybridized carbons (Fsp3) is 0.478. The van der Waals surface area contributed by atoms with E-state index in [0.717, 1.165) is 18.2 Å². The molecule has 2 atom stereocenters. The minimum Gasteiger partial charge on any atom is -0.468 e. The number of halogens is 5. The van der Waals surface area contributed by atoms with E-state index in [-0.39, 0.29) is 18.4 Å². The molecule has 2 unspecified atom stereocenters. The van der Waals surface area contributed by atoms with Gasteiger partial charge in [-0.1, -0.05) is 35.9 Å². The van der Waals surface area contributed by atoms with Crippen LogP contribution in [0, 0.1) is 0 Å². The van der Waals surface area contributed by atoms with Crippen molar-refractivity contribution in [2.75, 3.05) is 32.8 Å². The van der Waals surface area contributed by atoms with Crippen LogP contribution in [0.3, 0.4) is 0 Å². The molecule has 6 nitrogen and oxygen atoms in total. The molecule has 4 rings (SSSR count). The summed E-state index contributed by atoms with van der Waals surface area (Å²) >= 11 is 12.3. The van der Waals surface area contributed by atoms with Gasteiger partial charge in [-0.25, -0.2) is 4.68 Å². The molecule has 0 bridgehead atoms. The Balaban J connectivity index is 1.35. The molecule has 2 aromatic rings. The summed E-state index contributed by atoms with van der Waals surface area (Å²) in [5.41, 5.74) is 0.0700. The Labute approximate surface area is 205 Å². The van der Waals surface area contributed by atoms with Gasteiger partial charge in [0.05, 0.1) is 11.4 Å². The molecular weight excluding hydrogens is 492 g/mol. The van der Waals surface area contributed by atoms with E-state index in [1.807, 2.05) is 36.4 Å². The summed E-state index contributed by atoms with van der Waals surface area (Å²) in [6.07, 6.45) is 0.0785. The molecule has 0 saturated carbocycles. The first kappa shape index (κ1) is 24.9. The highest BCUT2D eigenvalue weighted by Gasteiger charge is 2.37. The van der Waals surface area contributed by atoms with Crippen LogP contribution in [0.2, 0.25) is 5.02 Å². The highest BCUT2D eigenvalue weighted by atomic mass is 35.5. The summed E-state index contributed by atoms with van der Waals surface area (Å²) in [4.78, 5) is 16.6. The average molecular weight is 517 g/mol. The van der Waals surface area contributed by atoms with Gasteiger partial charge in [0.25, 0.3) is 5.91 Å². The van der Waals surface area contributed by atoms with E-state index < -0.39 is 23.3 Å². The summed E-state index contributed by atoms with van der Waals surface area (Å²) in [7, 11) is 0. The number of rotatable bonds is 6. The van der Waals surface area contributed by atoms with Crippen LogP contribution in [0.15, 0.2) is 42.5 Å². The lowest BCUT2D eigenvalue weighted by molar-refractivity contribution is -0.141. The van der Waals surface area contributed by atoms with Gasteiger partial charge in [0, 0.05) is 43.8 Å². The van der Waals surface area contributed by atoms with Gasteiger partial charge >= 0.3 is 6.18 Å². The number of amides is 1. The first-order chi connectivity index (χ1) is 16.2. The molecule has 2 heterocycles. The fourth-order valence-electron chi connectivity index (χ4n) is 4.11. The molecule has 1 aromatic carbocycles. The fourth-order valence-corrected chi connectivity index (χ4v) is 4.55. The molecule has 0 N–H and O–H groups in total. The second-order valence-corrected chi connectivity index (χ2v) is 9.41. The minimum atomic E-state index is -4.62. The van der Waals surface area contributed by atoms with E-state index >= 15 is 0 Å². The normalized spacial score (nSPS) is 21.6. The highest BCUT2D eigenvalue weighted by molar-refractivity contribution is 6.30. The van der Waals surface area contributed by atoms with Crippen molar-refractivity contribution in [2.45, 2.75) is 37.0 Å². The molecule has 1 aliphatic heterocycles. The van der Waals surface area contributed by atoms with Crippen LogP contribution < -0.4 is 4.74 Å². The molecule has 0 spiro atoms. The van der Waals surface area contributed by atoms with Crippen LogP contribution in [0.4, 0.5) is 13.2 Å². The SMILES string of the molecule is O=C(COc1cc(C(F)(F)F)nn1C1CC=CCC1Cl)N1CCN(Cc2ccc(Cl)cc2)CC1. The standard InChI is InChI=1S/C23H25Cl2F3N4O2/c24-17-7-5-16(6-8-17)14-30-9-11-31(12-10-30)21(33)15-34-22-13-20(23(26,27)28)29-32(22)19-4-2-1-3-18(19)25/h1-2,5-8,13,18-19H,3-4,9-12,14-15H2. The van der Waals surface area contributed by atoms with Crippen molar-refractivity contribution in [3.05, 3.63) is 58.8 Å². The number of ether oxygens (including phenoxy) is 1. The summed E-state index contributed by atoms with van der Waals surface area (Å²) in [5, 5.41) is 3.98. The van der Waals surface area contributed by atoms with E-state index in [1.165, 1.54) is 4.68 Å². The Morgan fingerprint density at radius 3 is 2.41 bits per heavy atom. The summed E-state index contributed by atoms with van der Waals surface area (Å²) < 4.78 is 46.6. The monoisotopic (exact) mass is 516 g/mol. The van der Waals surface area contributed by atoms with Gasteiger partial charge in [0.1, 0.15) is 0 Å². The Kier molecular flexibility index (Phi) is 7.74. The zero-order valence-corrected chi connectivity index (χ0v) is 19.9. The summed E-state index contributed by atoms with van der Waals surface area (Å²) in [6.45, 7) is 2.79. The molecule has 2 aliphatic rings. The van der Waals surface area contributed by atoms with Crippen molar-refractivity contribution in [1.29, 1.82) is 0 Å². The van der Waals surface area contributed by atoms with Crippen molar-refractivity contribution in [3.8, 4) is 5.88 Å². The number of aromatic nitrogens is 2. The first-order valence-electron chi connectivity index (χ1n) is 11.0. The van der Waals surface area contributed by atoms with E-state index in [2.05, 4.69) is 10.00 Å². The van der Waals surface area contributed by atoms with Gasteiger partial charge in [-0.3, -0.25) is 9.69 Å². The largest absolute Gasteiger partial charge is 0.468 e. The maximum absolute atomic E-state index is 13.3. The van der Waals surface area contributed by atoms with E-state index in [9.17, 15) is 18.0 Å². The number of allylic oxidation sites excluding steroid dienone is 2. The molecule has 1 fully saturated rings. The summed E-state index contributed by atoms with van der Waals surface area (Å²) in [5.74, 6) is -0.383. The van der Waals surface area contributed by atoms with Crippen molar-refractivity contribution >= 4 is 29.1 Å². The molecule has 1 aliphatic carbocycles. The second kappa shape index (κ2) is 10.6. The third-order valence-electron chi connectivity index (χ3n) is 6.02. The van der Waals surface area contributed by atoms with Crippen LogP contribution >= 0.6 is 23.2 Å². The third-order valence-corrected chi connectivity index (χ3v) is 6.74. The molecule has 1 saturated heterocycles. The average Bonchev–Trinajstić information content (AvgIpc) is 3.24. The maximum Gasteiger partial charge on any atom is 0.435 e. The van der Waals surface area contributed by atoms with Crippen LogP contribution in [0.25, 0.3) is 0 Å². The number of hydrogen-bond donors (Lipinski definition) is 0. The lowest BCUT2D eigenvalue weighted by Crippen LogP contribution is -2.49. The van der Waals surface area contributed by atoms with Crippen LogP contribution in [-0.2, 0) is 17.5 Å². The third kappa shape index (κ3) is 6.06. The molecule has 0 radical (unpaired) electrons. The van der Waals surface area contributed by atoms with Crippen molar-refractivity contribution in [2.24, 2.45) is 0 Å². The zero-order valence-electron chi connectivity index (χ0n) is 18.3. The quantitative estimate of drug-likeness (QED) is 0.409. The Bertz CT molecular complexity index is 1020. The number of piperazine rings is 1. The van der Waals surface area contributed by atoms with Crippen LogP contribution in [0.1, 0.15) is 30.1 Å². The number of benzene rings is 1. The van der Waals surface area contributed by atoms with Crippen LogP contribution in [-0.4, -0.2) is 63.7 Å². The minimum absolute atomic E-state index is 0.104. The van der Waals surface area contributed by atoms with E-state index in [1.54, 1.807) is 4.90 Å². The summed E-state index contributed by atoms with van der Waals surface area (Å²) in [6, 6.07) is 7.99. The number of hydrogen-bond acceptors (Lipinski definition) is 4. The molecule has 1 aromatic heterocycles. The van der Waals surface area contributed by atoms with E-state index in [4.69, 9.17) is 27.9 Å². The highest BCUT2D eigenvalue weighted by Crippen LogP contribution is 2.36. The zero-order chi connectivity index (χ0) is 24.3. The molecule has 34 heavy (non-hydrogen) atoms. The van der Waals surface area contributed by atoms with Gasteiger partial charge in [-0.2, -0.15) is 18.3 Å². The number of carbonyl (C=O) groups excluding carboxylic acids is 1. The number of alkyl halides is 4. The van der Waals surface area contributed by atoms with Crippen molar-refractivity contribution in [3.63, 3.8) is 0 Å². The van der Waals surface area contributed by atoms with Gasteiger partial charge in [-0.15, -0.1) is 11.6 Å². The Morgan fingerprint density at radius 2 is 1.76 bits per heavy atom.